The second-order valence-corrected chi connectivity index (χ2v) is 6.56. The van der Waals surface area contributed by atoms with E-state index in [2.05, 4.69) is 32.2 Å². The van der Waals surface area contributed by atoms with E-state index in [-0.39, 0.29) is 0 Å². The van der Waals surface area contributed by atoms with Gasteiger partial charge in [-0.1, -0.05) is 11.2 Å². The van der Waals surface area contributed by atoms with Gasteiger partial charge in [-0.3, -0.25) is 4.98 Å². The summed E-state index contributed by atoms with van der Waals surface area (Å²) >= 11 is 0. The molecular formula is C17H22N4O. The Morgan fingerprint density at radius 2 is 2.32 bits per heavy atom. The highest BCUT2D eigenvalue weighted by Crippen LogP contribution is 2.33. The molecule has 0 bridgehead atoms. The Labute approximate surface area is 130 Å². The van der Waals surface area contributed by atoms with Gasteiger partial charge in [0.1, 0.15) is 0 Å². The molecule has 2 aliphatic rings. The lowest BCUT2D eigenvalue weighted by Crippen LogP contribution is -2.28. The Balaban J connectivity index is 1.43. The molecule has 1 fully saturated rings. The van der Waals surface area contributed by atoms with Crippen molar-refractivity contribution >= 4 is 0 Å². The fraction of sp³-hybridized carbons (Fsp3) is 0.588. The maximum Gasteiger partial charge on any atom is 0.231 e. The Morgan fingerprint density at radius 1 is 1.36 bits per heavy atom. The average molecular weight is 298 g/mol. The van der Waals surface area contributed by atoms with Crippen LogP contribution < -0.4 is 0 Å². The van der Waals surface area contributed by atoms with Crippen LogP contribution in [0.1, 0.15) is 54.1 Å². The first kappa shape index (κ1) is 13.9. The number of aryl methyl sites for hydroxylation is 2. The molecule has 2 unspecified atom stereocenters. The third-order valence-corrected chi connectivity index (χ3v) is 4.95. The van der Waals surface area contributed by atoms with E-state index in [1.54, 1.807) is 0 Å². The van der Waals surface area contributed by atoms with E-state index in [0.29, 0.717) is 11.8 Å². The van der Waals surface area contributed by atoms with Crippen molar-refractivity contribution in [1.82, 2.24) is 20.0 Å². The van der Waals surface area contributed by atoms with Crippen molar-refractivity contribution in [3.8, 4) is 0 Å². The number of pyridine rings is 1. The Kier molecular flexibility index (Phi) is 3.66. The van der Waals surface area contributed by atoms with E-state index in [9.17, 15) is 0 Å². The van der Waals surface area contributed by atoms with E-state index in [4.69, 9.17) is 4.52 Å². The molecule has 3 heterocycles. The zero-order valence-corrected chi connectivity index (χ0v) is 13.0. The van der Waals surface area contributed by atoms with Gasteiger partial charge in [0.25, 0.3) is 0 Å². The van der Waals surface area contributed by atoms with Crippen molar-refractivity contribution in [1.29, 1.82) is 0 Å². The van der Waals surface area contributed by atoms with Gasteiger partial charge in [0.05, 0.1) is 5.92 Å². The number of hydrogen-bond acceptors (Lipinski definition) is 5. The summed E-state index contributed by atoms with van der Waals surface area (Å²) in [5.41, 5.74) is 2.77. The molecule has 0 radical (unpaired) electrons. The fourth-order valence-corrected chi connectivity index (χ4v) is 3.87. The molecule has 1 aliphatic heterocycles. The van der Waals surface area contributed by atoms with Crippen LogP contribution in [-0.4, -0.2) is 39.7 Å². The molecule has 116 valence electrons. The van der Waals surface area contributed by atoms with Crippen molar-refractivity contribution in [2.75, 3.05) is 19.6 Å². The molecule has 5 nitrogen and oxygen atoms in total. The lowest BCUT2D eigenvalue weighted by molar-refractivity contribution is 0.285. The van der Waals surface area contributed by atoms with Crippen LogP contribution in [0.25, 0.3) is 0 Å². The number of hydrogen-bond donors (Lipinski definition) is 0. The van der Waals surface area contributed by atoms with E-state index in [1.165, 1.54) is 30.5 Å². The third kappa shape index (κ3) is 2.65. The summed E-state index contributed by atoms with van der Waals surface area (Å²) in [6.07, 6.45) is 6.77. The highest BCUT2D eigenvalue weighted by atomic mass is 16.5. The molecule has 1 saturated heterocycles. The zero-order valence-electron chi connectivity index (χ0n) is 13.0. The maximum atomic E-state index is 5.34. The van der Waals surface area contributed by atoms with Crippen LogP contribution in [0.15, 0.2) is 22.9 Å². The van der Waals surface area contributed by atoms with Crippen LogP contribution in [-0.2, 0) is 6.42 Å². The number of aromatic nitrogens is 3. The van der Waals surface area contributed by atoms with Gasteiger partial charge in [0, 0.05) is 30.9 Å². The van der Waals surface area contributed by atoms with Gasteiger partial charge in [-0.2, -0.15) is 4.98 Å². The molecule has 0 amide bonds. The van der Waals surface area contributed by atoms with Gasteiger partial charge < -0.3 is 9.42 Å². The van der Waals surface area contributed by atoms with E-state index >= 15 is 0 Å². The predicted molar refractivity (Wildman–Crippen MR) is 82.7 cm³/mol. The summed E-state index contributed by atoms with van der Waals surface area (Å²) in [6, 6.07) is 4.30. The molecular weight excluding hydrogens is 276 g/mol. The largest absolute Gasteiger partial charge is 0.339 e. The average Bonchev–Trinajstić information content (AvgIpc) is 3.17. The molecule has 0 aromatic carbocycles. The molecule has 1 aliphatic carbocycles. The minimum Gasteiger partial charge on any atom is -0.339 e. The Bertz CT molecular complexity index is 654. The maximum absolute atomic E-state index is 5.34. The molecule has 2 aromatic heterocycles. The molecule has 22 heavy (non-hydrogen) atoms. The standard InChI is InChI=1S/C17H22N4O/c1-12-19-17(22-20-12)15-7-9-21(11-15)10-14-5-2-4-13-6-3-8-18-16(13)14/h3,6,8,14-15H,2,4-5,7,9-11H2,1H3. The van der Waals surface area contributed by atoms with Crippen molar-refractivity contribution in [2.24, 2.45) is 0 Å². The fourth-order valence-electron chi connectivity index (χ4n) is 3.87. The van der Waals surface area contributed by atoms with Crippen molar-refractivity contribution in [2.45, 2.75) is 44.4 Å². The van der Waals surface area contributed by atoms with Gasteiger partial charge in [0.2, 0.25) is 5.89 Å². The molecule has 5 heteroatoms. The Hall–Kier alpha value is -1.75. The summed E-state index contributed by atoms with van der Waals surface area (Å²) in [7, 11) is 0. The van der Waals surface area contributed by atoms with Crippen LogP contribution >= 0.6 is 0 Å². The predicted octanol–water partition coefficient (Wildman–Crippen LogP) is 2.68. The molecule has 0 saturated carbocycles. The number of likely N-dealkylation sites (tertiary alicyclic amines) is 1. The van der Waals surface area contributed by atoms with Crippen LogP contribution in [0.5, 0.6) is 0 Å². The number of rotatable bonds is 3. The summed E-state index contributed by atoms with van der Waals surface area (Å²) in [6.45, 7) is 5.13. The van der Waals surface area contributed by atoms with Crippen molar-refractivity contribution < 1.29 is 4.52 Å². The smallest absolute Gasteiger partial charge is 0.231 e. The second kappa shape index (κ2) is 5.80. The SMILES string of the molecule is Cc1noc(C2CCN(CC3CCCc4cccnc43)C2)n1. The first-order valence-corrected chi connectivity index (χ1v) is 8.26. The van der Waals surface area contributed by atoms with Crippen LogP contribution in [0.4, 0.5) is 0 Å². The molecule has 0 spiro atoms. The van der Waals surface area contributed by atoms with Gasteiger partial charge in [-0.15, -0.1) is 0 Å². The minimum atomic E-state index is 0.396. The van der Waals surface area contributed by atoms with Crippen molar-refractivity contribution in [3.05, 3.63) is 41.3 Å². The van der Waals surface area contributed by atoms with Crippen molar-refractivity contribution in [3.63, 3.8) is 0 Å². The second-order valence-electron chi connectivity index (χ2n) is 6.56. The molecule has 2 atom stereocenters. The van der Waals surface area contributed by atoms with Gasteiger partial charge in [-0.25, -0.2) is 0 Å². The number of fused-ring (bicyclic) bond motifs is 1. The first-order chi connectivity index (χ1) is 10.8. The summed E-state index contributed by atoms with van der Waals surface area (Å²) in [5, 5.41) is 3.92. The number of nitrogens with zero attached hydrogens (tertiary/aromatic N) is 4. The summed E-state index contributed by atoms with van der Waals surface area (Å²) in [4.78, 5) is 11.6. The monoisotopic (exact) mass is 298 g/mol. The van der Waals surface area contributed by atoms with Crippen LogP contribution in [0, 0.1) is 6.92 Å². The van der Waals surface area contributed by atoms with E-state index < -0.39 is 0 Å². The van der Waals surface area contributed by atoms with Crippen LogP contribution in [0.2, 0.25) is 0 Å². The van der Waals surface area contributed by atoms with Gasteiger partial charge in [-0.05, 0) is 50.8 Å². The molecule has 2 aromatic rings. The normalized spacial score (nSPS) is 25.3. The molecule has 0 N–H and O–H groups in total. The minimum absolute atomic E-state index is 0.396. The summed E-state index contributed by atoms with van der Waals surface area (Å²) in [5.74, 6) is 2.52. The summed E-state index contributed by atoms with van der Waals surface area (Å²) < 4.78 is 5.34. The lowest BCUT2D eigenvalue weighted by Gasteiger charge is -2.28. The third-order valence-electron chi connectivity index (χ3n) is 4.95. The van der Waals surface area contributed by atoms with E-state index in [1.807, 2.05) is 13.1 Å². The zero-order chi connectivity index (χ0) is 14.9. The first-order valence-electron chi connectivity index (χ1n) is 8.26. The van der Waals surface area contributed by atoms with Gasteiger partial charge >= 0.3 is 0 Å². The quantitative estimate of drug-likeness (QED) is 0.872. The van der Waals surface area contributed by atoms with Crippen LogP contribution in [0.3, 0.4) is 0 Å². The molecule has 4 rings (SSSR count). The van der Waals surface area contributed by atoms with E-state index in [0.717, 1.165) is 37.8 Å². The topological polar surface area (TPSA) is 55.1 Å². The lowest BCUT2D eigenvalue weighted by atomic mass is 9.86. The Morgan fingerprint density at radius 3 is 3.18 bits per heavy atom. The highest BCUT2D eigenvalue weighted by Gasteiger charge is 2.31. The van der Waals surface area contributed by atoms with Gasteiger partial charge in [0.15, 0.2) is 5.82 Å². The highest BCUT2D eigenvalue weighted by molar-refractivity contribution is 5.26.